The lowest BCUT2D eigenvalue weighted by Crippen LogP contribution is -2.49. The lowest BCUT2D eigenvalue weighted by atomic mass is 9.95. The molecule has 2 fully saturated rings. The van der Waals surface area contributed by atoms with Gasteiger partial charge in [0.05, 0.1) is 5.75 Å². The van der Waals surface area contributed by atoms with Gasteiger partial charge in [-0.2, -0.15) is 0 Å². The highest BCUT2D eigenvalue weighted by Gasteiger charge is 2.27. The van der Waals surface area contributed by atoms with Gasteiger partial charge in [0.15, 0.2) is 0 Å². The Hall–Kier alpha value is -0.170. The lowest BCUT2D eigenvalue weighted by Gasteiger charge is -2.34. The Bertz CT molecular complexity index is 395. The van der Waals surface area contributed by atoms with E-state index >= 15 is 0 Å². The molecule has 1 aliphatic heterocycles. The van der Waals surface area contributed by atoms with Crippen molar-refractivity contribution in [1.29, 1.82) is 0 Å². The van der Waals surface area contributed by atoms with Gasteiger partial charge in [-0.05, 0) is 58.2 Å². The third-order valence-corrected chi connectivity index (χ3v) is 5.78. The van der Waals surface area contributed by atoms with Crippen molar-refractivity contribution in [3.63, 3.8) is 0 Å². The van der Waals surface area contributed by atoms with Crippen molar-refractivity contribution in [2.75, 3.05) is 32.4 Å². The van der Waals surface area contributed by atoms with E-state index in [1.165, 1.54) is 12.8 Å². The van der Waals surface area contributed by atoms with E-state index in [0.29, 0.717) is 12.0 Å². The number of unbranched alkanes of at least 4 members (excludes halogenated alkanes) is 1. The zero-order chi connectivity index (χ0) is 14.6. The first-order valence-electron chi connectivity index (χ1n) is 7.88. The van der Waals surface area contributed by atoms with Crippen LogP contribution in [-0.4, -0.2) is 57.8 Å². The highest BCUT2D eigenvalue weighted by Crippen LogP contribution is 2.18. The molecule has 2 unspecified atom stereocenters. The molecule has 0 radical (unpaired) electrons. The van der Waals surface area contributed by atoms with Gasteiger partial charge < -0.3 is 10.2 Å². The normalized spacial score (nSPS) is 28.7. The molecule has 2 aliphatic rings. The van der Waals surface area contributed by atoms with E-state index in [0.717, 1.165) is 38.9 Å². The number of hydrogen-bond acceptors (Lipinski definition) is 4. The monoisotopic (exact) mass is 303 g/mol. The highest BCUT2D eigenvalue weighted by molar-refractivity contribution is 7.89. The molecule has 1 aliphatic carbocycles. The standard InChI is InChI=1S/C14H29N3O2S/c1-12-11-17(2)9-7-14(12)16-20(18,19)10-4-3-8-15-13-5-6-13/h12-16H,3-11H2,1-2H3. The summed E-state index contributed by atoms with van der Waals surface area (Å²) in [7, 11) is -1.02. The Morgan fingerprint density at radius 3 is 2.60 bits per heavy atom. The number of sulfonamides is 1. The molecular formula is C14H29N3O2S. The van der Waals surface area contributed by atoms with Crippen LogP contribution in [0.15, 0.2) is 0 Å². The van der Waals surface area contributed by atoms with Gasteiger partial charge in [0.25, 0.3) is 0 Å². The second-order valence-electron chi connectivity index (χ2n) is 6.51. The lowest BCUT2D eigenvalue weighted by molar-refractivity contribution is 0.188. The number of rotatable bonds is 8. The quantitative estimate of drug-likeness (QED) is 0.651. The SMILES string of the molecule is CC1CN(C)CCC1NS(=O)(=O)CCCCNC1CC1. The molecule has 118 valence electrons. The van der Waals surface area contributed by atoms with Crippen LogP contribution in [0.25, 0.3) is 0 Å². The van der Waals surface area contributed by atoms with E-state index < -0.39 is 10.0 Å². The summed E-state index contributed by atoms with van der Waals surface area (Å²) >= 11 is 0. The van der Waals surface area contributed by atoms with Crippen LogP contribution in [0.5, 0.6) is 0 Å². The van der Waals surface area contributed by atoms with Crippen molar-refractivity contribution >= 4 is 10.0 Å². The first-order chi connectivity index (χ1) is 9.46. The predicted octanol–water partition coefficient (Wildman–Crippen LogP) is 0.778. The van der Waals surface area contributed by atoms with Gasteiger partial charge in [0, 0.05) is 18.6 Å². The average molecular weight is 303 g/mol. The molecule has 20 heavy (non-hydrogen) atoms. The van der Waals surface area contributed by atoms with Crippen molar-refractivity contribution in [2.24, 2.45) is 5.92 Å². The summed E-state index contributed by atoms with van der Waals surface area (Å²) in [4.78, 5) is 2.26. The van der Waals surface area contributed by atoms with Crippen molar-refractivity contribution in [1.82, 2.24) is 14.9 Å². The molecule has 0 aromatic rings. The average Bonchev–Trinajstić information content (AvgIpc) is 3.16. The van der Waals surface area contributed by atoms with Gasteiger partial charge >= 0.3 is 0 Å². The van der Waals surface area contributed by atoms with Gasteiger partial charge in [-0.15, -0.1) is 0 Å². The molecule has 0 bridgehead atoms. The van der Waals surface area contributed by atoms with Crippen molar-refractivity contribution in [3.05, 3.63) is 0 Å². The van der Waals surface area contributed by atoms with E-state index in [1.54, 1.807) is 0 Å². The maximum Gasteiger partial charge on any atom is 0.211 e. The Morgan fingerprint density at radius 1 is 1.20 bits per heavy atom. The number of likely N-dealkylation sites (tertiary alicyclic amines) is 1. The molecule has 0 aromatic carbocycles. The molecule has 1 heterocycles. The van der Waals surface area contributed by atoms with Gasteiger partial charge in [-0.25, -0.2) is 13.1 Å². The molecule has 2 N–H and O–H groups in total. The molecule has 1 saturated carbocycles. The van der Waals surface area contributed by atoms with Gasteiger partial charge in [0.1, 0.15) is 0 Å². The molecular weight excluding hydrogens is 274 g/mol. The number of nitrogens with zero attached hydrogens (tertiary/aromatic N) is 1. The Balaban J connectivity index is 1.64. The molecule has 2 rings (SSSR count). The van der Waals surface area contributed by atoms with Crippen LogP contribution < -0.4 is 10.0 Å². The van der Waals surface area contributed by atoms with Crippen LogP contribution in [0.1, 0.15) is 39.0 Å². The van der Waals surface area contributed by atoms with E-state index in [-0.39, 0.29) is 11.8 Å². The van der Waals surface area contributed by atoms with Gasteiger partial charge in [-0.1, -0.05) is 6.92 Å². The molecule has 2 atom stereocenters. The molecule has 0 amide bonds. The second kappa shape index (κ2) is 7.20. The van der Waals surface area contributed by atoms with Gasteiger partial charge in [-0.3, -0.25) is 0 Å². The Labute approximate surface area is 123 Å². The first-order valence-corrected chi connectivity index (χ1v) is 9.53. The topological polar surface area (TPSA) is 61.4 Å². The predicted molar refractivity (Wildman–Crippen MR) is 82.2 cm³/mol. The summed E-state index contributed by atoms with van der Waals surface area (Å²) in [5.74, 6) is 0.651. The van der Waals surface area contributed by atoms with Crippen molar-refractivity contribution in [2.45, 2.75) is 51.1 Å². The molecule has 6 heteroatoms. The highest BCUT2D eigenvalue weighted by atomic mass is 32.2. The second-order valence-corrected chi connectivity index (χ2v) is 8.38. The first kappa shape index (κ1) is 16.2. The zero-order valence-corrected chi connectivity index (χ0v) is 13.6. The summed E-state index contributed by atoms with van der Waals surface area (Å²) in [5.41, 5.74) is 0. The fourth-order valence-corrected chi connectivity index (χ4v) is 4.34. The maximum atomic E-state index is 12.1. The van der Waals surface area contributed by atoms with Crippen LogP contribution in [-0.2, 0) is 10.0 Å². The van der Waals surface area contributed by atoms with Crippen LogP contribution in [0, 0.1) is 5.92 Å². The van der Waals surface area contributed by atoms with E-state index in [1.807, 2.05) is 0 Å². The van der Waals surface area contributed by atoms with E-state index in [9.17, 15) is 8.42 Å². The summed E-state index contributed by atoms with van der Waals surface area (Å²) in [6.07, 6.45) is 5.18. The number of piperidine rings is 1. The van der Waals surface area contributed by atoms with Crippen LogP contribution in [0.3, 0.4) is 0 Å². The third-order valence-electron chi connectivity index (χ3n) is 4.29. The van der Waals surface area contributed by atoms with Gasteiger partial charge in [0.2, 0.25) is 10.0 Å². The Kier molecular flexibility index (Phi) is 5.84. The fourth-order valence-electron chi connectivity index (χ4n) is 2.83. The minimum absolute atomic E-state index is 0.112. The summed E-state index contributed by atoms with van der Waals surface area (Å²) in [5, 5.41) is 3.42. The Morgan fingerprint density at radius 2 is 1.95 bits per heavy atom. The number of nitrogens with one attached hydrogen (secondary N) is 2. The van der Waals surface area contributed by atoms with Crippen LogP contribution in [0.4, 0.5) is 0 Å². The van der Waals surface area contributed by atoms with Crippen molar-refractivity contribution in [3.8, 4) is 0 Å². The number of hydrogen-bond donors (Lipinski definition) is 2. The largest absolute Gasteiger partial charge is 0.314 e. The fraction of sp³-hybridized carbons (Fsp3) is 1.00. The van der Waals surface area contributed by atoms with Crippen LogP contribution in [0.2, 0.25) is 0 Å². The smallest absolute Gasteiger partial charge is 0.211 e. The summed E-state index contributed by atoms with van der Waals surface area (Å²) in [6.45, 7) is 5.02. The minimum Gasteiger partial charge on any atom is -0.314 e. The molecule has 0 spiro atoms. The molecule has 1 saturated heterocycles. The zero-order valence-electron chi connectivity index (χ0n) is 12.8. The molecule has 5 nitrogen and oxygen atoms in total. The molecule has 0 aromatic heterocycles. The van der Waals surface area contributed by atoms with Crippen LogP contribution >= 0.6 is 0 Å². The maximum absolute atomic E-state index is 12.1. The third kappa shape index (κ3) is 5.68. The summed E-state index contributed by atoms with van der Waals surface area (Å²) < 4.78 is 27.1. The van der Waals surface area contributed by atoms with E-state index in [4.69, 9.17) is 0 Å². The van der Waals surface area contributed by atoms with Crippen molar-refractivity contribution < 1.29 is 8.42 Å². The summed E-state index contributed by atoms with van der Waals surface area (Å²) in [6, 6.07) is 0.825. The minimum atomic E-state index is -3.11. The van der Waals surface area contributed by atoms with E-state index in [2.05, 4.69) is 28.9 Å².